The zero-order valence-electron chi connectivity index (χ0n) is 14.2. The van der Waals surface area contributed by atoms with Gasteiger partial charge in [0.25, 0.3) is 11.8 Å². The van der Waals surface area contributed by atoms with E-state index in [1.807, 2.05) is 0 Å². The van der Waals surface area contributed by atoms with E-state index in [1.165, 1.54) is 35.2 Å². The van der Waals surface area contributed by atoms with Gasteiger partial charge in [0, 0.05) is 13.6 Å². The SMILES string of the molecule is CN(CCO)C1=C(c2ccc(F)cc2)C(=O)N(c2cccc(Cl)c2Cl)C1=O. The highest BCUT2D eigenvalue weighted by atomic mass is 35.5. The van der Waals surface area contributed by atoms with Crippen LogP contribution in [0.25, 0.3) is 5.57 Å². The molecular formula is C19H15Cl2FN2O3. The molecule has 8 heteroatoms. The fraction of sp³-hybridized carbons (Fsp3) is 0.158. The molecule has 0 unspecified atom stereocenters. The summed E-state index contributed by atoms with van der Waals surface area (Å²) in [4.78, 5) is 28.7. The summed E-state index contributed by atoms with van der Waals surface area (Å²) in [6.45, 7) is -0.0771. The molecule has 2 aromatic rings. The number of imide groups is 1. The number of aliphatic hydroxyl groups is 1. The quantitative estimate of drug-likeness (QED) is 0.770. The topological polar surface area (TPSA) is 60.9 Å². The number of rotatable bonds is 5. The predicted octanol–water partition coefficient (Wildman–Crippen LogP) is 3.34. The molecule has 3 rings (SSSR count). The third-order valence-electron chi connectivity index (χ3n) is 4.18. The number of aliphatic hydroxyl groups excluding tert-OH is 1. The highest BCUT2D eigenvalue weighted by molar-refractivity contribution is 6.49. The van der Waals surface area contributed by atoms with Gasteiger partial charge in [0.2, 0.25) is 0 Å². The molecule has 0 bridgehead atoms. The first-order valence-electron chi connectivity index (χ1n) is 8.01. The second-order valence-corrected chi connectivity index (χ2v) is 6.68. The second-order valence-electron chi connectivity index (χ2n) is 5.89. The van der Waals surface area contributed by atoms with E-state index >= 15 is 0 Å². The Balaban J connectivity index is 2.16. The van der Waals surface area contributed by atoms with E-state index in [1.54, 1.807) is 19.2 Å². The van der Waals surface area contributed by atoms with Gasteiger partial charge in [-0.1, -0.05) is 41.4 Å². The minimum absolute atomic E-state index is 0.0744. The Morgan fingerprint density at radius 3 is 2.37 bits per heavy atom. The van der Waals surface area contributed by atoms with Crippen molar-refractivity contribution in [2.75, 3.05) is 25.1 Å². The fourth-order valence-corrected chi connectivity index (χ4v) is 3.27. The maximum absolute atomic E-state index is 13.3. The molecule has 5 nitrogen and oxygen atoms in total. The third-order valence-corrected chi connectivity index (χ3v) is 4.99. The lowest BCUT2D eigenvalue weighted by Gasteiger charge is -2.21. The molecule has 27 heavy (non-hydrogen) atoms. The van der Waals surface area contributed by atoms with Gasteiger partial charge < -0.3 is 10.0 Å². The minimum atomic E-state index is -0.601. The van der Waals surface area contributed by atoms with E-state index in [-0.39, 0.29) is 40.2 Å². The van der Waals surface area contributed by atoms with Crippen LogP contribution in [0.1, 0.15) is 5.56 Å². The van der Waals surface area contributed by atoms with Crippen LogP contribution >= 0.6 is 23.2 Å². The zero-order chi connectivity index (χ0) is 19.7. The number of benzene rings is 2. The fourth-order valence-electron chi connectivity index (χ4n) is 2.89. The van der Waals surface area contributed by atoms with E-state index in [4.69, 9.17) is 23.2 Å². The van der Waals surface area contributed by atoms with Crippen LogP contribution in [0.15, 0.2) is 48.2 Å². The normalized spacial score (nSPS) is 14.3. The first kappa shape index (κ1) is 19.4. The van der Waals surface area contributed by atoms with E-state index < -0.39 is 17.6 Å². The zero-order valence-corrected chi connectivity index (χ0v) is 15.8. The summed E-state index contributed by atoms with van der Waals surface area (Å²) in [6.07, 6.45) is 0. The van der Waals surface area contributed by atoms with Gasteiger partial charge in [-0.05, 0) is 29.8 Å². The van der Waals surface area contributed by atoms with Crippen molar-refractivity contribution in [3.05, 3.63) is 69.6 Å². The van der Waals surface area contributed by atoms with Crippen LogP contribution in [-0.4, -0.2) is 42.0 Å². The highest BCUT2D eigenvalue weighted by Gasteiger charge is 2.42. The molecule has 0 aromatic heterocycles. The van der Waals surface area contributed by atoms with E-state index in [9.17, 15) is 19.1 Å². The molecule has 0 aliphatic carbocycles. The van der Waals surface area contributed by atoms with Crippen molar-refractivity contribution in [1.29, 1.82) is 0 Å². The Labute approximate surface area is 165 Å². The van der Waals surface area contributed by atoms with Gasteiger partial charge in [-0.3, -0.25) is 9.59 Å². The average Bonchev–Trinajstić information content (AvgIpc) is 2.89. The number of carbonyl (C=O) groups excluding carboxylic acids is 2. The minimum Gasteiger partial charge on any atom is -0.395 e. The van der Waals surface area contributed by atoms with E-state index in [0.29, 0.717) is 5.56 Å². The molecule has 2 aromatic carbocycles. The van der Waals surface area contributed by atoms with Crippen LogP contribution in [0.3, 0.4) is 0 Å². The van der Waals surface area contributed by atoms with Crippen LogP contribution in [0.4, 0.5) is 10.1 Å². The first-order valence-corrected chi connectivity index (χ1v) is 8.77. The first-order chi connectivity index (χ1) is 12.9. The number of halogens is 3. The van der Waals surface area contributed by atoms with Gasteiger partial charge in [0.15, 0.2) is 0 Å². The van der Waals surface area contributed by atoms with Gasteiger partial charge >= 0.3 is 0 Å². The summed E-state index contributed by atoms with van der Waals surface area (Å²) >= 11 is 12.2. The number of likely N-dealkylation sites (N-methyl/N-ethyl adjacent to an activating group) is 1. The standard InChI is InChI=1S/C19H15Cl2FN2O3/c1-23(9-10-25)17-15(11-5-7-12(22)8-6-11)18(26)24(19(17)27)14-4-2-3-13(20)16(14)21/h2-8,25H,9-10H2,1H3. The number of anilines is 1. The Bertz CT molecular complexity index is 944. The highest BCUT2D eigenvalue weighted by Crippen LogP contribution is 2.39. The average molecular weight is 409 g/mol. The molecule has 0 radical (unpaired) electrons. The van der Waals surface area contributed by atoms with Crippen LogP contribution in [0, 0.1) is 5.82 Å². The lowest BCUT2D eigenvalue weighted by molar-refractivity contribution is -0.120. The summed E-state index contributed by atoms with van der Waals surface area (Å²) in [6, 6.07) is 9.90. The lowest BCUT2D eigenvalue weighted by Crippen LogP contribution is -2.35. The largest absolute Gasteiger partial charge is 0.395 e. The summed E-state index contributed by atoms with van der Waals surface area (Å²) in [5.74, 6) is -1.66. The van der Waals surface area contributed by atoms with Gasteiger partial charge in [-0.2, -0.15) is 0 Å². The number of hydrogen-bond donors (Lipinski definition) is 1. The number of hydrogen-bond acceptors (Lipinski definition) is 4. The van der Waals surface area contributed by atoms with E-state index in [0.717, 1.165) is 4.90 Å². The monoisotopic (exact) mass is 408 g/mol. The summed E-state index contributed by atoms with van der Waals surface area (Å²) in [7, 11) is 1.59. The summed E-state index contributed by atoms with van der Waals surface area (Å²) in [5, 5.41) is 9.52. The molecule has 0 saturated carbocycles. The Kier molecular flexibility index (Phi) is 5.51. The molecule has 0 spiro atoms. The third kappa shape index (κ3) is 3.43. The van der Waals surface area contributed by atoms with Crippen LogP contribution < -0.4 is 4.90 Å². The van der Waals surface area contributed by atoms with Crippen molar-refractivity contribution in [3.63, 3.8) is 0 Å². The van der Waals surface area contributed by atoms with Crippen molar-refractivity contribution < 1.29 is 19.1 Å². The Morgan fingerprint density at radius 1 is 1.07 bits per heavy atom. The van der Waals surface area contributed by atoms with Crippen molar-refractivity contribution >= 4 is 46.3 Å². The molecule has 1 N–H and O–H groups in total. The van der Waals surface area contributed by atoms with Crippen molar-refractivity contribution in [2.45, 2.75) is 0 Å². The molecular weight excluding hydrogens is 394 g/mol. The van der Waals surface area contributed by atoms with Crippen molar-refractivity contribution in [3.8, 4) is 0 Å². The van der Waals surface area contributed by atoms with Crippen molar-refractivity contribution in [2.24, 2.45) is 0 Å². The molecule has 2 amide bonds. The van der Waals surface area contributed by atoms with Gasteiger partial charge in [0.1, 0.15) is 11.5 Å². The van der Waals surface area contributed by atoms with Gasteiger partial charge in [0.05, 0.1) is 27.9 Å². The van der Waals surface area contributed by atoms with Gasteiger partial charge in [-0.25, -0.2) is 9.29 Å². The summed E-state index contributed by atoms with van der Waals surface area (Å²) in [5.41, 5.74) is 0.741. The van der Waals surface area contributed by atoms with Gasteiger partial charge in [-0.15, -0.1) is 0 Å². The molecule has 140 valence electrons. The molecule has 0 atom stereocenters. The number of amides is 2. The van der Waals surface area contributed by atoms with Crippen LogP contribution in [0.2, 0.25) is 10.0 Å². The molecule has 1 aliphatic heterocycles. The molecule has 1 aliphatic rings. The summed E-state index contributed by atoms with van der Waals surface area (Å²) < 4.78 is 13.3. The number of carbonyl (C=O) groups is 2. The molecule has 0 fully saturated rings. The Hall–Kier alpha value is -2.41. The number of nitrogens with zero attached hydrogens (tertiary/aromatic N) is 2. The maximum atomic E-state index is 13.3. The predicted molar refractivity (Wildman–Crippen MR) is 102 cm³/mol. The van der Waals surface area contributed by atoms with Crippen LogP contribution in [0.5, 0.6) is 0 Å². The smallest absolute Gasteiger partial charge is 0.282 e. The van der Waals surface area contributed by atoms with E-state index in [2.05, 4.69) is 0 Å². The molecule has 0 saturated heterocycles. The lowest BCUT2D eigenvalue weighted by atomic mass is 10.0. The molecule has 1 heterocycles. The van der Waals surface area contributed by atoms with Crippen molar-refractivity contribution in [1.82, 2.24) is 4.90 Å². The second kappa shape index (κ2) is 7.68. The Morgan fingerprint density at radius 2 is 1.74 bits per heavy atom. The maximum Gasteiger partial charge on any atom is 0.282 e. The van der Waals surface area contributed by atoms with Crippen LogP contribution in [-0.2, 0) is 9.59 Å².